The number of nitrogens with one attached hydrogen (secondary N) is 2. The fourth-order valence-electron chi connectivity index (χ4n) is 2.54. The minimum Gasteiger partial charge on any atom is -0.360 e. The van der Waals surface area contributed by atoms with E-state index in [4.69, 9.17) is 4.52 Å². The van der Waals surface area contributed by atoms with E-state index in [1.807, 2.05) is 32.0 Å². The van der Waals surface area contributed by atoms with Gasteiger partial charge >= 0.3 is 0 Å². The Labute approximate surface area is 134 Å². The number of carbonyl (C=O) groups excluding carboxylic acids is 2. The molecule has 0 bridgehead atoms. The van der Waals surface area contributed by atoms with Crippen LogP contribution in [0.4, 0.5) is 11.5 Å². The molecule has 2 amide bonds. The quantitative estimate of drug-likeness (QED) is 0.850. The fraction of sp³-hybridized carbons (Fsp3) is 0.353. The molecule has 0 radical (unpaired) electrons. The molecule has 1 aromatic heterocycles. The van der Waals surface area contributed by atoms with Gasteiger partial charge in [0, 0.05) is 11.8 Å². The first-order valence-electron chi connectivity index (χ1n) is 7.54. The molecule has 0 unspecified atom stereocenters. The van der Waals surface area contributed by atoms with Crippen molar-refractivity contribution in [2.75, 3.05) is 10.6 Å². The van der Waals surface area contributed by atoms with E-state index in [9.17, 15) is 9.59 Å². The lowest BCUT2D eigenvalue weighted by Gasteiger charge is -2.15. The Bertz CT molecular complexity index is 775. The van der Waals surface area contributed by atoms with Crippen molar-refractivity contribution in [1.29, 1.82) is 0 Å². The van der Waals surface area contributed by atoms with Crippen molar-refractivity contribution in [3.63, 3.8) is 0 Å². The largest absolute Gasteiger partial charge is 0.360 e. The maximum Gasteiger partial charge on any atom is 0.241 e. The zero-order valence-corrected chi connectivity index (χ0v) is 13.4. The van der Waals surface area contributed by atoms with Crippen molar-refractivity contribution >= 4 is 23.3 Å². The maximum atomic E-state index is 12.6. The van der Waals surface area contributed by atoms with Crippen LogP contribution in [0.25, 0.3) is 0 Å². The van der Waals surface area contributed by atoms with Gasteiger partial charge in [0.1, 0.15) is 11.2 Å². The van der Waals surface area contributed by atoms with Crippen LogP contribution in [-0.2, 0) is 9.59 Å². The van der Waals surface area contributed by atoms with Gasteiger partial charge in [0.25, 0.3) is 0 Å². The van der Waals surface area contributed by atoms with Gasteiger partial charge in [-0.25, -0.2) is 0 Å². The monoisotopic (exact) mass is 313 g/mol. The van der Waals surface area contributed by atoms with Crippen molar-refractivity contribution in [2.24, 2.45) is 5.41 Å². The molecule has 1 saturated carbocycles. The highest BCUT2D eigenvalue weighted by Gasteiger charge is 2.56. The van der Waals surface area contributed by atoms with Gasteiger partial charge in [-0.2, -0.15) is 0 Å². The van der Waals surface area contributed by atoms with Gasteiger partial charge in [-0.1, -0.05) is 22.9 Å². The highest BCUT2D eigenvalue weighted by atomic mass is 16.5. The molecule has 2 N–H and O–H groups in total. The second kappa shape index (κ2) is 5.53. The highest BCUT2D eigenvalue weighted by molar-refractivity contribution is 6.16. The minimum atomic E-state index is -1.01. The SMILES string of the molecule is Cc1ccc(NC(=O)C2(C(=O)Nc3cc(C)on3)CC2)c(C)c1. The van der Waals surface area contributed by atoms with E-state index < -0.39 is 5.41 Å². The van der Waals surface area contributed by atoms with Gasteiger partial charge in [0.05, 0.1) is 0 Å². The molecule has 23 heavy (non-hydrogen) atoms. The topological polar surface area (TPSA) is 84.2 Å². The second-order valence-corrected chi connectivity index (χ2v) is 6.13. The number of aryl methyl sites for hydroxylation is 3. The standard InChI is InChI=1S/C17H19N3O3/c1-10-4-5-13(11(2)8-10)18-15(21)17(6-7-17)16(22)19-14-9-12(3)23-20-14/h4-5,8-9H,6-7H2,1-3H3,(H,18,21)(H,19,20,22). The number of anilines is 2. The first-order chi connectivity index (χ1) is 10.9. The van der Waals surface area contributed by atoms with Gasteiger partial charge in [0.15, 0.2) is 5.82 Å². The zero-order valence-electron chi connectivity index (χ0n) is 13.4. The molecule has 3 rings (SSSR count). The molecule has 1 fully saturated rings. The molecule has 1 aromatic carbocycles. The average molecular weight is 313 g/mol. The van der Waals surface area contributed by atoms with E-state index in [0.717, 1.165) is 16.8 Å². The molecule has 2 aromatic rings. The Morgan fingerprint density at radius 3 is 2.35 bits per heavy atom. The van der Waals surface area contributed by atoms with Gasteiger partial charge in [-0.3, -0.25) is 9.59 Å². The lowest BCUT2D eigenvalue weighted by Crippen LogP contribution is -2.35. The van der Waals surface area contributed by atoms with Crippen molar-refractivity contribution in [2.45, 2.75) is 33.6 Å². The van der Waals surface area contributed by atoms with Crippen LogP contribution in [0.3, 0.4) is 0 Å². The molecule has 0 spiro atoms. The summed E-state index contributed by atoms with van der Waals surface area (Å²) in [5.41, 5.74) is 1.82. The summed E-state index contributed by atoms with van der Waals surface area (Å²) >= 11 is 0. The van der Waals surface area contributed by atoms with Crippen LogP contribution in [0.1, 0.15) is 29.7 Å². The lowest BCUT2D eigenvalue weighted by atomic mass is 10.0. The second-order valence-electron chi connectivity index (χ2n) is 6.13. The number of benzene rings is 1. The van der Waals surface area contributed by atoms with Crippen molar-refractivity contribution in [1.82, 2.24) is 5.16 Å². The number of amides is 2. The summed E-state index contributed by atoms with van der Waals surface area (Å²) in [5, 5.41) is 9.25. The molecule has 6 heteroatoms. The Morgan fingerprint density at radius 1 is 1.09 bits per heavy atom. The molecular formula is C17H19N3O3. The van der Waals surface area contributed by atoms with Crippen LogP contribution in [0.5, 0.6) is 0 Å². The number of nitrogens with zero attached hydrogens (tertiary/aromatic N) is 1. The van der Waals surface area contributed by atoms with E-state index >= 15 is 0 Å². The van der Waals surface area contributed by atoms with E-state index in [1.54, 1.807) is 13.0 Å². The molecular weight excluding hydrogens is 294 g/mol. The van der Waals surface area contributed by atoms with E-state index in [2.05, 4.69) is 15.8 Å². The van der Waals surface area contributed by atoms with Gasteiger partial charge < -0.3 is 15.2 Å². The van der Waals surface area contributed by atoms with Crippen LogP contribution in [0.2, 0.25) is 0 Å². The van der Waals surface area contributed by atoms with E-state index in [1.165, 1.54) is 0 Å². The van der Waals surface area contributed by atoms with Crippen molar-refractivity contribution in [3.8, 4) is 0 Å². The smallest absolute Gasteiger partial charge is 0.241 e. The first kappa shape index (κ1) is 15.3. The first-order valence-corrected chi connectivity index (χ1v) is 7.54. The fourth-order valence-corrected chi connectivity index (χ4v) is 2.54. The third-order valence-corrected chi connectivity index (χ3v) is 4.12. The van der Waals surface area contributed by atoms with Gasteiger partial charge in [0.2, 0.25) is 11.8 Å². The lowest BCUT2D eigenvalue weighted by molar-refractivity contribution is -0.131. The van der Waals surface area contributed by atoms with Gasteiger partial charge in [-0.15, -0.1) is 0 Å². The van der Waals surface area contributed by atoms with Crippen LogP contribution < -0.4 is 10.6 Å². The summed E-state index contributed by atoms with van der Waals surface area (Å²) in [6.45, 7) is 5.66. The Hall–Kier alpha value is -2.63. The molecule has 1 aliphatic carbocycles. The normalized spacial score (nSPS) is 15.1. The number of rotatable bonds is 4. The minimum absolute atomic E-state index is 0.276. The number of aromatic nitrogens is 1. The van der Waals surface area contributed by atoms with Crippen molar-refractivity contribution in [3.05, 3.63) is 41.2 Å². The third kappa shape index (κ3) is 2.97. The Kier molecular flexibility index (Phi) is 3.67. The third-order valence-electron chi connectivity index (χ3n) is 4.12. The van der Waals surface area contributed by atoms with E-state index in [0.29, 0.717) is 24.4 Å². The molecule has 0 saturated heterocycles. The predicted molar refractivity (Wildman–Crippen MR) is 86.1 cm³/mol. The Balaban J connectivity index is 1.72. The number of hydrogen-bond acceptors (Lipinski definition) is 4. The number of carbonyl (C=O) groups is 2. The maximum absolute atomic E-state index is 12.6. The van der Waals surface area contributed by atoms with Crippen LogP contribution in [-0.4, -0.2) is 17.0 Å². The van der Waals surface area contributed by atoms with Crippen molar-refractivity contribution < 1.29 is 14.1 Å². The molecule has 0 aliphatic heterocycles. The molecule has 0 atom stereocenters. The van der Waals surface area contributed by atoms with Crippen LogP contribution >= 0.6 is 0 Å². The average Bonchev–Trinajstić information content (AvgIpc) is 3.21. The highest BCUT2D eigenvalue weighted by Crippen LogP contribution is 2.47. The Morgan fingerprint density at radius 2 is 1.78 bits per heavy atom. The molecule has 6 nitrogen and oxygen atoms in total. The summed E-state index contributed by atoms with van der Waals surface area (Å²) in [6.07, 6.45) is 1.07. The summed E-state index contributed by atoms with van der Waals surface area (Å²) in [6, 6.07) is 7.40. The van der Waals surface area contributed by atoms with Gasteiger partial charge in [-0.05, 0) is 45.2 Å². The molecule has 120 valence electrons. The number of hydrogen-bond donors (Lipinski definition) is 2. The van der Waals surface area contributed by atoms with Crippen LogP contribution in [0, 0.1) is 26.2 Å². The summed E-state index contributed by atoms with van der Waals surface area (Å²) in [4.78, 5) is 25.0. The predicted octanol–water partition coefficient (Wildman–Crippen LogP) is 2.96. The molecule has 1 aliphatic rings. The summed E-state index contributed by atoms with van der Waals surface area (Å²) < 4.78 is 4.92. The van der Waals surface area contributed by atoms with E-state index in [-0.39, 0.29) is 11.8 Å². The zero-order chi connectivity index (χ0) is 16.6. The summed E-state index contributed by atoms with van der Waals surface area (Å²) in [5.74, 6) is 0.318. The van der Waals surface area contributed by atoms with Crippen LogP contribution in [0.15, 0.2) is 28.8 Å². The molecule has 1 heterocycles. The summed E-state index contributed by atoms with van der Waals surface area (Å²) in [7, 11) is 0.